The highest BCUT2D eigenvalue weighted by atomic mass is 35.5. The average Bonchev–Trinajstić information content (AvgIpc) is 4.28. The number of nitrogens with one attached hydrogen (secondary N) is 2. The van der Waals surface area contributed by atoms with Gasteiger partial charge in [-0.3, -0.25) is 24.0 Å². The van der Waals surface area contributed by atoms with Gasteiger partial charge >= 0.3 is 11.9 Å². The van der Waals surface area contributed by atoms with Gasteiger partial charge in [0.1, 0.15) is 23.7 Å². The number of unbranched alkanes of at least 4 members (excludes halogenated alkanes) is 1. The molecule has 0 saturated carbocycles. The predicted molar refractivity (Wildman–Crippen MR) is 302 cm³/mol. The van der Waals surface area contributed by atoms with Crippen LogP contribution in [0.25, 0.3) is 21.9 Å². The van der Waals surface area contributed by atoms with Gasteiger partial charge < -0.3 is 43.1 Å². The fourth-order valence-electron chi connectivity index (χ4n) is 9.14. The van der Waals surface area contributed by atoms with E-state index in [4.69, 9.17) is 35.1 Å². The largest absolute Gasteiger partial charge is 0.494 e. The van der Waals surface area contributed by atoms with Crippen molar-refractivity contribution in [2.24, 2.45) is 5.10 Å². The molecular formula is C56H68ClN7O12S2. The van der Waals surface area contributed by atoms with Gasteiger partial charge in [0.05, 0.1) is 43.4 Å². The number of aryl methyl sites for hydroxylation is 1. The van der Waals surface area contributed by atoms with Crippen LogP contribution < -0.4 is 19.8 Å². The molecule has 1 atom stereocenters. The Morgan fingerprint density at radius 3 is 2.36 bits per heavy atom. The second kappa shape index (κ2) is 26.9. The standard InChI is InChI=1S/C56H68ClN7O12S2/c1-9-10-21-62(23-26-77-78-56(4,5)31-45(65)60-59-34(2)36-13-15-40(16-14-36)73-24-11-12-49(69)76-64-46(66)19-20-47(64)67)48(68)30-38-28-42-51(52-50(55(71)72-8)35(3)58-53(38)52)39(32-57)33-63(42)54(70)44-29-37-27-41(17-18-43(37)75-44)74-25-22-61(6)7/h13-18,27-29,39,58H,9-12,19-26,30-33H2,1-8H3,(H,60,65)/b59-34-/t39-/m1/s1. The lowest BCUT2D eigenvalue weighted by atomic mass is 9.93. The number of methoxy groups -OCH3 is 1. The number of amides is 5. The number of anilines is 1. The first kappa shape index (κ1) is 59.1. The highest BCUT2D eigenvalue weighted by Crippen LogP contribution is 2.46. The number of imide groups is 1. The number of benzene rings is 3. The summed E-state index contributed by atoms with van der Waals surface area (Å²) in [6, 6.07) is 16.1. The number of hydrogen-bond acceptors (Lipinski definition) is 16. The third-order valence-corrected chi connectivity index (χ3v) is 16.8. The molecule has 1 fully saturated rings. The number of likely N-dealkylation sites (N-methyl/N-ethyl adjacent to an activating group) is 1. The van der Waals surface area contributed by atoms with Crippen LogP contribution in [0.3, 0.4) is 0 Å². The molecule has 0 spiro atoms. The molecule has 0 aliphatic carbocycles. The molecule has 1 saturated heterocycles. The van der Waals surface area contributed by atoms with Crippen LogP contribution in [-0.2, 0) is 40.0 Å². The van der Waals surface area contributed by atoms with Gasteiger partial charge in [0.2, 0.25) is 11.8 Å². The fourth-order valence-corrected chi connectivity index (χ4v) is 11.9. The quantitative estimate of drug-likeness (QED) is 0.00953. The van der Waals surface area contributed by atoms with Gasteiger partial charge in [-0.25, -0.2) is 15.0 Å². The van der Waals surface area contributed by atoms with Gasteiger partial charge in [-0.2, -0.15) is 5.10 Å². The van der Waals surface area contributed by atoms with Gasteiger partial charge in [0, 0.05) is 89.9 Å². The minimum atomic E-state index is -0.687. The summed E-state index contributed by atoms with van der Waals surface area (Å²) in [4.78, 5) is 105. The Bertz CT molecular complexity index is 3050. The van der Waals surface area contributed by atoms with Crippen molar-refractivity contribution >= 4 is 108 Å². The van der Waals surface area contributed by atoms with Crippen molar-refractivity contribution in [1.29, 1.82) is 0 Å². The number of hydrazone groups is 1. The number of furan rings is 1. The smallest absolute Gasteiger partial charge is 0.340 e. The number of fused-ring (bicyclic) bond motifs is 4. The zero-order chi connectivity index (χ0) is 56.3. The second-order valence-electron chi connectivity index (χ2n) is 20.1. The lowest BCUT2D eigenvalue weighted by molar-refractivity contribution is -0.197. The van der Waals surface area contributed by atoms with Gasteiger partial charge in [-0.15, -0.1) is 16.7 Å². The number of ether oxygens (including phenoxy) is 3. The normalized spacial score (nSPS) is 14.6. The number of aromatic nitrogens is 1. The van der Waals surface area contributed by atoms with Crippen LogP contribution in [0.5, 0.6) is 11.5 Å². The number of carbonyl (C=O) groups is 7. The molecule has 78 heavy (non-hydrogen) atoms. The molecule has 0 bridgehead atoms. The van der Waals surface area contributed by atoms with E-state index in [0.29, 0.717) is 98.5 Å². The molecule has 3 aromatic carbocycles. The molecule has 2 aliphatic rings. The monoisotopic (exact) mass is 1130 g/mol. The number of rotatable bonds is 27. The van der Waals surface area contributed by atoms with Crippen LogP contribution in [0.15, 0.2) is 64.1 Å². The molecule has 19 nitrogen and oxygen atoms in total. The van der Waals surface area contributed by atoms with E-state index >= 15 is 0 Å². The Balaban J connectivity index is 0.957. The van der Waals surface area contributed by atoms with E-state index in [-0.39, 0.29) is 80.5 Å². The van der Waals surface area contributed by atoms with Crippen LogP contribution in [0.2, 0.25) is 0 Å². The van der Waals surface area contributed by atoms with Gasteiger partial charge in [0.15, 0.2) is 5.76 Å². The van der Waals surface area contributed by atoms with Crippen LogP contribution in [-0.4, -0.2) is 144 Å². The van der Waals surface area contributed by atoms with Crippen molar-refractivity contribution in [2.45, 2.75) is 96.7 Å². The van der Waals surface area contributed by atoms with E-state index in [0.717, 1.165) is 30.5 Å². The molecule has 5 amide bonds. The molecule has 2 N–H and O–H groups in total. The van der Waals surface area contributed by atoms with E-state index in [1.165, 1.54) is 7.11 Å². The molecule has 22 heteroatoms. The van der Waals surface area contributed by atoms with E-state index in [1.807, 2.05) is 55.9 Å². The fraction of sp³-hybridized carbons (Fsp3) is 0.464. The van der Waals surface area contributed by atoms with Crippen molar-refractivity contribution in [1.82, 2.24) is 25.3 Å². The Kier molecular flexibility index (Phi) is 20.4. The molecule has 2 aliphatic heterocycles. The second-order valence-corrected chi connectivity index (χ2v) is 23.5. The summed E-state index contributed by atoms with van der Waals surface area (Å²) in [5.41, 5.74) is 7.94. The number of aromatic amines is 1. The van der Waals surface area contributed by atoms with E-state index in [1.54, 1.807) is 76.7 Å². The zero-order valence-corrected chi connectivity index (χ0v) is 47.8. The van der Waals surface area contributed by atoms with Crippen LogP contribution >= 0.6 is 33.2 Å². The van der Waals surface area contributed by atoms with Crippen LogP contribution in [0.1, 0.15) is 122 Å². The topological polar surface area (TPSA) is 223 Å². The van der Waals surface area contributed by atoms with Crippen molar-refractivity contribution in [3.05, 3.63) is 88.3 Å². The maximum Gasteiger partial charge on any atom is 0.340 e. The summed E-state index contributed by atoms with van der Waals surface area (Å²) >= 11 is 6.67. The number of carbonyl (C=O) groups excluding carboxylic acids is 7. The first-order valence-electron chi connectivity index (χ1n) is 26.0. The summed E-state index contributed by atoms with van der Waals surface area (Å²) in [6.45, 7) is 12.2. The Labute approximate surface area is 466 Å². The molecule has 5 aromatic rings. The summed E-state index contributed by atoms with van der Waals surface area (Å²) in [5.74, 6) is -1.30. The lowest BCUT2D eigenvalue weighted by Gasteiger charge is -2.25. The maximum absolute atomic E-state index is 14.6. The molecule has 418 valence electrons. The van der Waals surface area contributed by atoms with Gasteiger partial charge in [0.25, 0.3) is 17.7 Å². The van der Waals surface area contributed by atoms with Crippen LogP contribution in [0.4, 0.5) is 5.69 Å². The van der Waals surface area contributed by atoms with E-state index in [2.05, 4.69) is 22.4 Å². The summed E-state index contributed by atoms with van der Waals surface area (Å²) in [7, 11) is 8.40. The molecule has 0 unspecified atom stereocenters. The molecule has 4 heterocycles. The Hall–Kier alpha value is -6.55. The highest BCUT2D eigenvalue weighted by molar-refractivity contribution is 8.77. The van der Waals surface area contributed by atoms with Gasteiger partial charge in [-0.05, 0) is 126 Å². The number of nitrogens with zero attached hydrogens (tertiary/aromatic N) is 5. The Morgan fingerprint density at radius 1 is 0.949 bits per heavy atom. The van der Waals surface area contributed by atoms with Crippen LogP contribution in [0, 0.1) is 6.92 Å². The lowest BCUT2D eigenvalue weighted by Crippen LogP contribution is -2.35. The number of alkyl halides is 1. The first-order valence-corrected chi connectivity index (χ1v) is 28.8. The minimum absolute atomic E-state index is 0.0141. The molecule has 0 radical (unpaired) electrons. The summed E-state index contributed by atoms with van der Waals surface area (Å²) < 4.78 is 22.6. The maximum atomic E-state index is 14.6. The minimum Gasteiger partial charge on any atom is -0.494 e. The van der Waals surface area contributed by atoms with Crippen molar-refractivity contribution in [2.75, 3.05) is 77.1 Å². The molecule has 2 aromatic heterocycles. The first-order chi connectivity index (χ1) is 37.3. The third kappa shape index (κ3) is 14.8. The number of H-pyrrole nitrogens is 1. The van der Waals surface area contributed by atoms with E-state index < -0.39 is 28.5 Å². The van der Waals surface area contributed by atoms with Crippen molar-refractivity contribution in [3.63, 3.8) is 0 Å². The number of hydrogen-bond donors (Lipinski definition) is 2. The number of hydroxylamine groups is 2. The highest BCUT2D eigenvalue weighted by Gasteiger charge is 2.39. The number of esters is 1. The Morgan fingerprint density at radius 2 is 1.67 bits per heavy atom. The van der Waals surface area contributed by atoms with Gasteiger partial charge in [-0.1, -0.05) is 34.9 Å². The zero-order valence-electron chi connectivity index (χ0n) is 45.4. The third-order valence-electron chi connectivity index (χ3n) is 13.2. The number of halogens is 1. The summed E-state index contributed by atoms with van der Waals surface area (Å²) in [6.07, 6.45) is 2.17. The average molecular weight is 1130 g/mol. The predicted octanol–water partition coefficient (Wildman–Crippen LogP) is 8.96. The molecular weight excluding hydrogens is 1060 g/mol. The SMILES string of the molecule is CCCCN(CCSSC(C)(C)CC(=O)N/N=C(/C)c1ccc(OCCCC(=O)ON2C(=O)CCC2=O)cc1)C(=O)Cc1cc2c(c3c(C(=O)OC)c(C)[nH]c13)[C@H](CCl)CN2C(=O)c1cc2cc(OCCN(C)C)ccc2o1. The molecule has 7 rings (SSSR count). The van der Waals surface area contributed by atoms with Crippen molar-refractivity contribution in [3.8, 4) is 11.5 Å². The van der Waals surface area contributed by atoms with E-state index in [9.17, 15) is 33.6 Å². The van der Waals surface area contributed by atoms with Crippen molar-refractivity contribution < 1.29 is 57.0 Å². The summed E-state index contributed by atoms with van der Waals surface area (Å²) in [5, 5.41) is 6.14.